The summed E-state index contributed by atoms with van der Waals surface area (Å²) in [6.45, 7) is 8.19. The summed E-state index contributed by atoms with van der Waals surface area (Å²) in [5.41, 5.74) is 6.48. The lowest BCUT2D eigenvalue weighted by Crippen LogP contribution is -2.36. The molecule has 0 fully saturated rings. The average molecular weight is 280 g/mol. The first kappa shape index (κ1) is 15.9. The van der Waals surface area contributed by atoms with Crippen LogP contribution in [0.5, 0.6) is 5.75 Å². The molecule has 1 aromatic rings. The molecule has 0 aliphatic rings. The van der Waals surface area contributed by atoms with Crippen LogP contribution in [0.2, 0.25) is 0 Å². The molecule has 2 N–H and O–H groups in total. The van der Waals surface area contributed by atoms with Gasteiger partial charge in [0.2, 0.25) is 0 Å². The van der Waals surface area contributed by atoms with Crippen LogP contribution in [0.25, 0.3) is 0 Å². The number of hydrogen-bond acceptors (Lipinski definition) is 3. The molecule has 0 radical (unpaired) electrons. The fourth-order valence-corrected chi connectivity index (χ4v) is 1.98. The molecule has 0 spiro atoms. The lowest BCUT2D eigenvalue weighted by Gasteiger charge is -2.27. The van der Waals surface area contributed by atoms with E-state index >= 15 is 0 Å². The second-order valence-corrected chi connectivity index (χ2v) is 5.61. The number of benzene rings is 1. The Morgan fingerprint density at radius 2 is 1.95 bits per heavy atom. The first-order chi connectivity index (χ1) is 8.93. The molecule has 1 atom stereocenters. The number of likely N-dealkylation sites (N-methyl/N-ethyl adjacent to an activating group) is 1. The quantitative estimate of drug-likeness (QED) is 0.779. The van der Waals surface area contributed by atoms with Crippen LogP contribution in [0.15, 0.2) is 24.3 Å². The minimum absolute atomic E-state index is 0.375. The summed E-state index contributed by atoms with van der Waals surface area (Å²) >= 11 is 5.01. The first-order valence-electron chi connectivity index (χ1n) is 6.65. The Morgan fingerprint density at radius 1 is 1.32 bits per heavy atom. The summed E-state index contributed by atoms with van der Waals surface area (Å²) in [5, 5.41) is 0. The Hall–Kier alpha value is -1.13. The molecule has 1 unspecified atom stereocenters. The molecule has 0 bridgehead atoms. The lowest BCUT2D eigenvalue weighted by molar-refractivity contribution is 0.170. The summed E-state index contributed by atoms with van der Waals surface area (Å²) in [7, 11) is 2.12. The number of ether oxygens (including phenoxy) is 1. The molecule has 0 saturated carbocycles. The Balaban J connectivity index is 2.52. The van der Waals surface area contributed by atoms with Crippen molar-refractivity contribution in [2.75, 3.05) is 20.2 Å². The van der Waals surface area contributed by atoms with E-state index in [4.69, 9.17) is 22.7 Å². The Morgan fingerprint density at radius 3 is 2.53 bits per heavy atom. The third-order valence-corrected chi connectivity index (χ3v) is 3.73. The van der Waals surface area contributed by atoms with Gasteiger partial charge in [-0.05, 0) is 32.0 Å². The summed E-state index contributed by atoms with van der Waals surface area (Å²) in [6, 6.07) is 8.17. The van der Waals surface area contributed by atoms with Gasteiger partial charge in [0, 0.05) is 12.6 Å². The Labute approximate surface area is 121 Å². The summed E-state index contributed by atoms with van der Waals surface area (Å²) in [4.78, 5) is 2.67. The predicted octanol–water partition coefficient (Wildman–Crippen LogP) is 2.68. The number of para-hydroxylation sites is 1. The summed E-state index contributed by atoms with van der Waals surface area (Å²) in [5.74, 6) is 1.40. The van der Waals surface area contributed by atoms with Crippen molar-refractivity contribution in [3.63, 3.8) is 0 Å². The molecule has 0 amide bonds. The smallest absolute Gasteiger partial charge is 0.129 e. The first-order valence-corrected chi connectivity index (χ1v) is 7.06. The molecule has 0 saturated heterocycles. The molecule has 3 nitrogen and oxygen atoms in total. The molecular formula is C15H24N2OS. The van der Waals surface area contributed by atoms with E-state index in [1.165, 1.54) is 0 Å². The predicted molar refractivity (Wildman–Crippen MR) is 84.8 cm³/mol. The number of hydrogen-bond donors (Lipinski definition) is 1. The summed E-state index contributed by atoms with van der Waals surface area (Å²) in [6.07, 6.45) is 0. The van der Waals surface area contributed by atoms with E-state index < -0.39 is 0 Å². The maximum absolute atomic E-state index is 5.79. The highest BCUT2D eigenvalue weighted by molar-refractivity contribution is 7.80. The van der Waals surface area contributed by atoms with Gasteiger partial charge >= 0.3 is 0 Å². The van der Waals surface area contributed by atoms with Crippen molar-refractivity contribution in [1.82, 2.24) is 4.90 Å². The van der Waals surface area contributed by atoms with Gasteiger partial charge in [-0.2, -0.15) is 0 Å². The zero-order valence-electron chi connectivity index (χ0n) is 12.2. The van der Waals surface area contributed by atoms with Crippen LogP contribution in [-0.4, -0.2) is 36.1 Å². The maximum Gasteiger partial charge on any atom is 0.129 e. The normalized spacial score (nSPS) is 12.7. The van der Waals surface area contributed by atoms with E-state index in [2.05, 4.69) is 32.7 Å². The van der Waals surface area contributed by atoms with E-state index in [9.17, 15) is 0 Å². The molecule has 1 aromatic carbocycles. The number of rotatable bonds is 7. The summed E-state index contributed by atoms with van der Waals surface area (Å²) < 4.78 is 5.79. The topological polar surface area (TPSA) is 38.5 Å². The zero-order valence-corrected chi connectivity index (χ0v) is 13.0. The van der Waals surface area contributed by atoms with Gasteiger partial charge in [-0.15, -0.1) is 0 Å². The van der Waals surface area contributed by atoms with E-state index in [0.717, 1.165) is 17.9 Å². The van der Waals surface area contributed by atoms with Crippen molar-refractivity contribution < 1.29 is 4.74 Å². The van der Waals surface area contributed by atoms with Gasteiger partial charge in [-0.3, -0.25) is 0 Å². The van der Waals surface area contributed by atoms with Gasteiger partial charge in [0.05, 0.1) is 5.56 Å². The fourth-order valence-electron chi connectivity index (χ4n) is 1.81. The van der Waals surface area contributed by atoms with Crippen molar-refractivity contribution >= 4 is 17.2 Å². The van der Waals surface area contributed by atoms with Crippen molar-refractivity contribution in [1.29, 1.82) is 0 Å². The molecule has 0 aromatic heterocycles. The highest BCUT2D eigenvalue weighted by Crippen LogP contribution is 2.17. The van der Waals surface area contributed by atoms with E-state index in [1.54, 1.807) is 0 Å². The molecule has 0 aliphatic heterocycles. The zero-order chi connectivity index (χ0) is 14.4. The van der Waals surface area contributed by atoms with Crippen LogP contribution in [0.1, 0.15) is 26.3 Å². The number of nitrogens with two attached hydrogens (primary N) is 1. The minimum Gasteiger partial charge on any atom is -0.492 e. The van der Waals surface area contributed by atoms with Crippen LogP contribution in [0.3, 0.4) is 0 Å². The number of thiocarbonyl (C=S) groups is 1. The average Bonchev–Trinajstić information content (AvgIpc) is 2.37. The molecule has 0 heterocycles. The largest absolute Gasteiger partial charge is 0.492 e. The van der Waals surface area contributed by atoms with Crippen molar-refractivity contribution in [3.05, 3.63) is 29.8 Å². The fraction of sp³-hybridized carbons (Fsp3) is 0.533. The molecule has 4 heteroatoms. The van der Waals surface area contributed by atoms with Crippen molar-refractivity contribution in [2.24, 2.45) is 11.7 Å². The molecule has 106 valence electrons. The Bertz CT molecular complexity index is 420. The van der Waals surface area contributed by atoms with Crippen LogP contribution in [-0.2, 0) is 0 Å². The van der Waals surface area contributed by atoms with Crippen LogP contribution in [0, 0.1) is 5.92 Å². The minimum atomic E-state index is 0.375. The van der Waals surface area contributed by atoms with Crippen LogP contribution in [0.4, 0.5) is 0 Å². The second-order valence-electron chi connectivity index (χ2n) is 5.17. The lowest BCUT2D eigenvalue weighted by atomic mass is 10.1. The van der Waals surface area contributed by atoms with E-state index in [0.29, 0.717) is 23.6 Å². The van der Waals surface area contributed by atoms with Crippen LogP contribution >= 0.6 is 12.2 Å². The van der Waals surface area contributed by atoms with Gasteiger partial charge in [-0.1, -0.05) is 38.2 Å². The highest BCUT2D eigenvalue weighted by atomic mass is 32.1. The number of nitrogens with zero attached hydrogens (tertiary/aromatic N) is 1. The molecular weight excluding hydrogens is 256 g/mol. The third kappa shape index (κ3) is 4.80. The second kappa shape index (κ2) is 7.46. The highest BCUT2D eigenvalue weighted by Gasteiger charge is 2.13. The third-order valence-electron chi connectivity index (χ3n) is 3.51. The maximum atomic E-state index is 5.79. The van der Waals surface area contributed by atoms with Crippen LogP contribution < -0.4 is 10.5 Å². The van der Waals surface area contributed by atoms with Crippen molar-refractivity contribution in [2.45, 2.75) is 26.8 Å². The van der Waals surface area contributed by atoms with Gasteiger partial charge in [0.15, 0.2) is 0 Å². The van der Waals surface area contributed by atoms with E-state index in [1.807, 2.05) is 24.3 Å². The Kier molecular flexibility index (Phi) is 6.25. The van der Waals surface area contributed by atoms with Gasteiger partial charge in [0.25, 0.3) is 0 Å². The SMILES string of the molecule is CC(C)C(C)N(C)CCOc1ccccc1C(N)=S. The molecule has 1 rings (SSSR count). The van der Waals surface area contributed by atoms with Gasteiger partial charge in [-0.25, -0.2) is 0 Å². The van der Waals surface area contributed by atoms with Crippen molar-refractivity contribution in [3.8, 4) is 5.75 Å². The van der Waals surface area contributed by atoms with Gasteiger partial charge < -0.3 is 15.4 Å². The van der Waals surface area contributed by atoms with E-state index in [-0.39, 0.29) is 0 Å². The molecule has 0 aliphatic carbocycles. The molecule has 19 heavy (non-hydrogen) atoms. The monoisotopic (exact) mass is 280 g/mol. The standard InChI is InChI=1S/C15H24N2OS/c1-11(2)12(3)17(4)9-10-18-14-8-6-5-7-13(14)15(16)19/h5-8,11-12H,9-10H2,1-4H3,(H2,16,19). The van der Waals surface area contributed by atoms with Gasteiger partial charge in [0.1, 0.15) is 17.3 Å².